The van der Waals surface area contributed by atoms with Crippen LogP contribution in [0.1, 0.15) is 19.4 Å². The predicted molar refractivity (Wildman–Crippen MR) is 74.1 cm³/mol. The molecule has 1 rings (SSSR count). The number of alkyl halides is 2. The molecule has 0 aliphatic heterocycles. The number of anilines is 1. The molecule has 0 amide bonds. The van der Waals surface area contributed by atoms with E-state index in [1.807, 2.05) is 0 Å². The number of hydrogen-bond acceptors (Lipinski definition) is 4. The van der Waals surface area contributed by atoms with Crippen LogP contribution in [0.2, 0.25) is 0 Å². The van der Waals surface area contributed by atoms with Crippen molar-refractivity contribution in [1.29, 1.82) is 0 Å². The fourth-order valence-electron chi connectivity index (χ4n) is 1.60. The quantitative estimate of drug-likeness (QED) is 0.832. The minimum atomic E-state index is -3.07. The molecular weight excluding hydrogens is 322 g/mol. The summed E-state index contributed by atoms with van der Waals surface area (Å²) in [5.41, 5.74) is 0.00912. The minimum Gasteiger partial charge on any atom is -0.394 e. The van der Waals surface area contributed by atoms with Crippen LogP contribution >= 0.6 is 15.9 Å². The Bertz CT molecular complexity index is 478. The third-order valence-electron chi connectivity index (χ3n) is 2.94. The second-order valence-corrected chi connectivity index (χ2v) is 5.30. The van der Waals surface area contributed by atoms with Crippen LogP contribution in [-0.4, -0.2) is 24.8 Å². The Balaban J connectivity index is 3.36. The van der Waals surface area contributed by atoms with Gasteiger partial charge in [0, 0.05) is 30.0 Å². The summed E-state index contributed by atoms with van der Waals surface area (Å²) >= 11 is 3.07. The number of benzene rings is 1. The maximum Gasteiger partial charge on any atom is 0.271 e. The highest BCUT2D eigenvalue weighted by Crippen LogP contribution is 2.40. The van der Waals surface area contributed by atoms with Crippen molar-refractivity contribution in [2.24, 2.45) is 5.18 Å². The van der Waals surface area contributed by atoms with Gasteiger partial charge in [0.2, 0.25) is 0 Å². The number of halogens is 3. The standard InChI is InChI=1S/C12H15BrF2N2O2/c1-7(6-18)17(3)11-5-9(13)8(12(2,14)15)4-10(11)16-19/h4-5,7,18H,6H2,1-3H3. The van der Waals surface area contributed by atoms with Gasteiger partial charge in [0.1, 0.15) is 5.69 Å². The molecule has 1 atom stereocenters. The first-order valence-electron chi connectivity index (χ1n) is 5.61. The number of aliphatic hydroxyl groups is 1. The molecule has 1 unspecified atom stereocenters. The molecule has 1 N–H and O–H groups in total. The van der Waals surface area contributed by atoms with Crippen molar-refractivity contribution in [1.82, 2.24) is 0 Å². The SMILES string of the molecule is CC(CO)N(C)c1cc(Br)c(C(C)(F)F)cc1N=O. The van der Waals surface area contributed by atoms with E-state index in [9.17, 15) is 13.7 Å². The predicted octanol–water partition coefficient (Wildman–Crippen LogP) is 3.78. The lowest BCUT2D eigenvalue weighted by atomic mass is 10.1. The van der Waals surface area contributed by atoms with Gasteiger partial charge in [-0.3, -0.25) is 0 Å². The molecule has 0 aliphatic rings. The zero-order chi connectivity index (χ0) is 14.8. The normalized spacial score (nSPS) is 13.2. The third kappa shape index (κ3) is 3.48. The number of likely N-dealkylation sites (N-methyl/N-ethyl adjacent to an activating group) is 1. The van der Waals surface area contributed by atoms with Gasteiger partial charge in [0.05, 0.1) is 12.3 Å². The Morgan fingerprint density at radius 1 is 1.53 bits per heavy atom. The Morgan fingerprint density at radius 2 is 2.11 bits per heavy atom. The highest BCUT2D eigenvalue weighted by molar-refractivity contribution is 9.10. The van der Waals surface area contributed by atoms with E-state index in [4.69, 9.17) is 5.11 Å². The monoisotopic (exact) mass is 336 g/mol. The van der Waals surface area contributed by atoms with Gasteiger partial charge in [-0.2, -0.15) is 0 Å². The Hall–Kier alpha value is -1.08. The summed E-state index contributed by atoms with van der Waals surface area (Å²) in [5, 5.41) is 11.9. The summed E-state index contributed by atoms with van der Waals surface area (Å²) in [7, 11) is 1.65. The first-order chi connectivity index (χ1) is 8.72. The molecule has 1 aromatic carbocycles. The molecule has 19 heavy (non-hydrogen) atoms. The van der Waals surface area contributed by atoms with E-state index >= 15 is 0 Å². The van der Waals surface area contributed by atoms with E-state index in [-0.39, 0.29) is 28.4 Å². The van der Waals surface area contributed by atoms with E-state index < -0.39 is 5.92 Å². The first kappa shape index (κ1) is 16.0. The Kier molecular flexibility index (Phi) is 4.98. The van der Waals surface area contributed by atoms with Gasteiger partial charge in [-0.1, -0.05) is 15.9 Å². The van der Waals surface area contributed by atoms with Crippen molar-refractivity contribution in [3.05, 3.63) is 27.1 Å². The van der Waals surface area contributed by atoms with Crippen molar-refractivity contribution in [3.8, 4) is 0 Å². The third-order valence-corrected chi connectivity index (χ3v) is 3.60. The van der Waals surface area contributed by atoms with Crippen LogP contribution < -0.4 is 4.90 Å². The average molecular weight is 337 g/mol. The van der Waals surface area contributed by atoms with Crippen molar-refractivity contribution in [2.45, 2.75) is 25.8 Å². The van der Waals surface area contributed by atoms with E-state index in [0.29, 0.717) is 5.69 Å². The van der Waals surface area contributed by atoms with Gasteiger partial charge >= 0.3 is 0 Å². The lowest BCUT2D eigenvalue weighted by Crippen LogP contribution is -2.32. The van der Waals surface area contributed by atoms with Gasteiger partial charge in [-0.05, 0) is 24.2 Å². The zero-order valence-corrected chi connectivity index (χ0v) is 12.4. The fraction of sp³-hybridized carbons (Fsp3) is 0.500. The maximum atomic E-state index is 13.4. The van der Waals surface area contributed by atoms with Gasteiger partial charge in [-0.25, -0.2) is 8.78 Å². The topological polar surface area (TPSA) is 52.9 Å². The second-order valence-electron chi connectivity index (χ2n) is 4.44. The number of nitroso groups, excluding NO2 is 1. The highest BCUT2D eigenvalue weighted by atomic mass is 79.9. The molecule has 0 radical (unpaired) electrons. The van der Waals surface area contributed by atoms with Gasteiger partial charge in [0.15, 0.2) is 0 Å². The Morgan fingerprint density at radius 3 is 2.53 bits per heavy atom. The van der Waals surface area contributed by atoms with Crippen LogP contribution in [0.4, 0.5) is 20.2 Å². The molecule has 0 saturated carbocycles. The summed E-state index contributed by atoms with van der Waals surface area (Å²) in [6, 6.07) is 2.21. The van der Waals surface area contributed by atoms with Crippen LogP contribution in [0.5, 0.6) is 0 Å². The lowest BCUT2D eigenvalue weighted by molar-refractivity contribution is 0.0167. The second kappa shape index (κ2) is 5.92. The van der Waals surface area contributed by atoms with Crippen LogP contribution in [0, 0.1) is 4.91 Å². The van der Waals surface area contributed by atoms with Gasteiger partial charge < -0.3 is 10.0 Å². The molecule has 0 bridgehead atoms. The van der Waals surface area contributed by atoms with E-state index in [1.165, 1.54) is 6.07 Å². The van der Waals surface area contributed by atoms with Crippen LogP contribution in [0.3, 0.4) is 0 Å². The molecule has 0 spiro atoms. The molecule has 0 fully saturated rings. The van der Waals surface area contributed by atoms with Crippen LogP contribution in [0.15, 0.2) is 21.8 Å². The molecule has 7 heteroatoms. The minimum absolute atomic E-state index is 0.0810. The molecule has 4 nitrogen and oxygen atoms in total. The molecule has 106 valence electrons. The zero-order valence-electron chi connectivity index (χ0n) is 10.8. The summed E-state index contributed by atoms with van der Waals surface area (Å²) in [5.74, 6) is -3.07. The fourth-order valence-corrected chi connectivity index (χ4v) is 2.28. The van der Waals surface area contributed by atoms with E-state index in [1.54, 1.807) is 18.9 Å². The van der Waals surface area contributed by atoms with Crippen molar-refractivity contribution < 1.29 is 13.9 Å². The molecule has 0 aliphatic carbocycles. The number of nitrogens with zero attached hydrogens (tertiary/aromatic N) is 2. The van der Waals surface area contributed by atoms with Crippen LogP contribution in [-0.2, 0) is 5.92 Å². The lowest BCUT2D eigenvalue weighted by Gasteiger charge is -2.27. The smallest absolute Gasteiger partial charge is 0.271 e. The summed E-state index contributed by atoms with van der Waals surface area (Å²) < 4.78 is 26.9. The molecule has 0 saturated heterocycles. The number of aliphatic hydroxyl groups excluding tert-OH is 1. The van der Waals surface area contributed by atoms with Gasteiger partial charge in [0.25, 0.3) is 5.92 Å². The molecular formula is C12H15BrF2N2O2. The molecule has 0 heterocycles. The largest absolute Gasteiger partial charge is 0.394 e. The molecule has 0 aromatic heterocycles. The van der Waals surface area contributed by atoms with Crippen LogP contribution in [0.25, 0.3) is 0 Å². The van der Waals surface area contributed by atoms with Crippen molar-refractivity contribution in [2.75, 3.05) is 18.6 Å². The average Bonchev–Trinajstić information content (AvgIpc) is 2.35. The summed E-state index contributed by atoms with van der Waals surface area (Å²) in [6.45, 7) is 2.37. The van der Waals surface area contributed by atoms with Gasteiger partial charge in [-0.15, -0.1) is 4.91 Å². The van der Waals surface area contributed by atoms with Crippen molar-refractivity contribution in [3.63, 3.8) is 0 Å². The maximum absolute atomic E-state index is 13.4. The number of hydrogen-bond donors (Lipinski definition) is 1. The summed E-state index contributed by atoms with van der Waals surface area (Å²) in [6.07, 6.45) is 0. The van der Waals surface area contributed by atoms with E-state index in [0.717, 1.165) is 13.0 Å². The van der Waals surface area contributed by atoms with Crippen molar-refractivity contribution >= 4 is 27.3 Å². The first-order valence-corrected chi connectivity index (χ1v) is 6.40. The summed E-state index contributed by atoms with van der Waals surface area (Å²) in [4.78, 5) is 12.4. The Labute approximate surface area is 118 Å². The molecule has 1 aromatic rings. The number of rotatable bonds is 5. The highest BCUT2D eigenvalue weighted by Gasteiger charge is 2.29. The van der Waals surface area contributed by atoms with E-state index in [2.05, 4.69) is 21.1 Å².